The lowest BCUT2D eigenvalue weighted by atomic mass is 10.1. The molecule has 0 spiro atoms. The molecule has 2 aromatic carbocycles. The van der Waals surface area contributed by atoms with E-state index in [2.05, 4.69) is 27.9 Å². The molecule has 0 saturated carbocycles. The van der Waals surface area contributed by atoms with Crippen LogP contribution in [0.5, 0.6) is 0 Å². The summed E-state index contributed by atoms with van der Waals surface area (Å²) in [6, 6.07) is 15.2. The van der Waals surface area contributed by atoms with Gasteiger partial charge in [-0.3, -0.25) is 4.79 Å². The quantitative estimate of drug-likeness (QED) is 0.829. The summed E-state index contributed by atoms with van der Waals surface area (Å²) in [5.74, 6) is -0.0628. The van der Waals surface area contributed by atoms with Crippen LogP contribution in [0.15, 0.2) is 48.5 Å². The number of benzene rings is 2. The van der Waals surface area contributed by atoms with Gasteiger partial charge >= 0.3 is 0 Å². The van der Waals surface area contributed by atoms with Crippen LogP contribution in [0.25, 0.3) is 0 Å². The maximum absolute atomic E-state index is 12.1. The molecule has 1 amide bonds. The second-order valence-electron chi connectivity index (χ2n) is 3.73. The van der Waals surface area contributed by atoms with Gasteiger partial charge in [-0.25, -0.2) is 0 Å². The number of amides is 1. The van der Waals surface area contributed by atoms with E-state index >= 15 is 0 Å². The summed E-state index contributed by atoms with van der Waals surface area (Å²) in [7, 11) is 0. The topological polar surface area (TPSA) is 29.1 Å². The maximum atomic E-state index is 12.1. The van der Waals surface area contributed by atoms with Crippen molar-refractivity contribution in [2.24, 2.45) is 0 Å². The molecule has 0 unspecified atom stereocenters. The van der Waals surface area contributed by atoms with Gasteiger partial charge in [0.1, 0.15) is 0 Å². The molecule has 0 aliphatic heterocycles. The molecular weight excluding hydrogens is 325 g/mol. The first kappa shape index (κ1) is 12.1. The molecule has 3 heteroatoms. The van der Waals surface area contributed by atoms with Gasteiger partial charge in [-0.1, -0.05) is 24.3 Å². The first-order valence-corrected chi connectivity index (χ1v) is 6.38. The van der Waals surface area contributed by atoms with Crippen LogP contribution < -0.4 is 5.32 Å². The lowest BCUT2D eigenvalue weighted by Crippen LogP contribution is -2.13. The second-order valence-corrected chi connectivity index (χ2v) is 4.89. The van der Waals surface area contributed by atoms with E-state index in [0.29, 0.717) is 0 Å². The van der Waals surface area contributed by atoms with Crippen LogP contribution in [0.4, 0.5) is 5.69 Å². The van der Waals surface area contributed by atoms with Crippen LogP contribution in [0.2, 0.25) is 0 Å². The number of anilines is 1. The third kappa shape index (κ3) is 2.85. The van der Waals surface area contributed by atoms with Crippen LogP contribution >= 0.6 is 22.6 Å². The molecular formula is C14H12INO. The Kier molecular flexibility index (Phi) is 3.78. The summed E-state index contributed by atoms with van der Waals surface area (Å²) in [5, 5.41) is 2.88. The summed E-state index contributed by atoms with van der Waals surface area (Å²) in [6.45, 7) is 1.96. The van der Waals surface area contributed by atoms with Crippen molar-refractivity contribution in [1.82, 2.24) is 0 Å². The maximum Gasteiger partial charge on any atom is 0.255 e. The second kappa shape index (κ2) is 5.31. The minimum atomic E-state index is -0.0628. The van der Waals surface area contributed by atoms with Crippen molar-refractivity contribution in [1.29, 1.82) is 0 Å². The molecule has 0 heterocycles. The molecule has 1 N–H and O–H groups in total. The molecule has 2 rings (SSSR count). The van der Waals surface area contributed by atoms with Gasteiger partial charge in [-0.2, -0.15) is 0 Å². The zero-order valence-corrected chi connectivity index (χ0v) is 11.6. The van der Waals surface area contributed by atoms with E-state index in [9.17, 15) is 4.79 Å². The highest BCUT2D eigenvalue weighted by molar-refractivity contribution is 14.1. The summed E-state index contributed by atoms with van der Waals surface area (Å²) in [6.07, 6.45) is 0. The lowest BCUT2D eigenvalue weighted by Gasteiger charge is -2.08. The fourth-order valence-electron chi connectivity index (χ4n) is 1.57. The minimum Gasteiger partial charge on any atom is -0.322 e. The molecule has 86 valence electrons. The number of hydrogen-bond donors (Lipinski definition) is 1. The molecule has 0 atom stereocenters. The molecule has 0 radical (unpaired) electrons. The Hall–Kier alpha value is -1.36. The first-order valence-electron chi connectivity index (χ1n) is 5.30. The summed E-state index contributed by atoms with van der Waals surface area (Å²) < 4.78 is 1.10. The van der Waals surface area contributed by atoms with Crippen molar-refractivity contribution in [2.45, 2.75) is 6.92 Å². The van der Waals surface area contributed by atoms with E-state index in [4.69, 9.17) is 0 Å². The molecule has 0 aliphatic rings. The minimum absolute atomic E-state index is 0.0628. The Bertz CT molecular complexity index is 537. The van der Waals surface area contributed by atoms with Gasteiger partial charge in [0.2, 0.25) is 0 Å². The summed E-state index contributed by atoms with van der Waals surface area (Å²) in [5.41, 5.74) is 2.55. The smallest absolute Gasteiger partial charge is 0.255 e. The third-order valence-electron chi connectivity index (χ3n) is 2.54. The number of carbonyl (C=O) groups excluding carboxylic acids is 1. The number of rotatable bonds is 2. The molecule has 0 bridgehead atoms. The van der Waals surface area contributed by atoms with Crippen LogP contribution in [0.3, 0.4) is 0 Å². The Labute approximate surface area is 114 Å². The molecule has 17 heavy (non-hydrogen) atoms. The van der Waals surface area contributed by atoms with E-state index in [0.717, 1.165) is 20.4 Å². The third-order valence-corrected chi connectivity index (χ3v) is 3.71. The number of hydrogen-bond acceptors (Lipinski definition) is 1. The van der Waals surface area contributed by atoms with E-state index in [-0.39, 0.29) is 5.91 Å². The van der Waals surface area contributed by atoms with Gasteiger partial charge in [0.25, 0.3) is 5.91 Å². The Morgan fingerprint density at radius 2 is 1.76 bits per heavy atom. The van der Waals surface area contributed by atoms with Gasteiger partial charge in [-0.15, -0.1) is 0 Å². The average Bonchev–Trinajstić information content (AvgIpc) is 2.34. The molecule has 2 aromatic rings. The number of carbonyl (C=O) groups is 1. The molecule has 0 aliphatic carbocycles. The summed E-state index contributed by atoms with van der Waals surface area (Å²) >= 11 is 2.23. The van der Waals surface area contributed by atoms with Gasteiger partial charge in [-0.05, 0) is 59.3 Å². The zero-order chi connectivity index (χ0) is 12.3. The number of halogens is 1. The molecule has 2 nitrogen and oxygen atoms in total. The van der Waals surface area contributed by atoms with Crippen molar-refractivity contribution in [3.63, 3.8) is 0 Å². The van der Waals surface area contributed by atoms with Gasteiger partial charge in [0.05, 0.1) is 0 Å². The van der Waals surface area contributed by atoms with E-state index in [1.165, 1.54) is 0 Å². The Morgan fingerprint density at radius 3 is 2.47 bits per heavy atom. The lowest BCUT2D eigenvalue weighted by molar-refractivity contribution is 0.102. The molecule has 0 fully saturated rings. The predicted molar refractivity (Wildman–Crippen MR) is 78.3 cm³/mol. The summed E-state index contributed by atoms with van der Waals surface area (Å²) in [4.78, 5) is 12.1. The van der Waals surface area contributed by atoms with E-state index < -0.39 is 0 Å². The van der Waals surface area contributed by atoms with E-state index in [1.54, 1.807) is 0 Å². The average molecular weight is 337 g/mol. The van der Waals surface area contributed by atoms with Crippen molar-refractivity contribution in [3.05, 3.63) is 63.2 Å². The van der Waals surface area contributed by atoms with Gasteiger partial charge in [0, 0.05) is 14.8 Å². The van der Waals surface area contributed by atoms with Crippen LogP contribution in [0.1, 0.15) is 15.9 Å². The van der Waals surface area contributed by atoms with Crippen molar-refractivity contribution in [3.8, 4) is 0 Å². The molecule has 0 saturated heterocycles. The fraction of sp³-hybridized carbons (Fsp3) is 0.0714. The van der Waals surface area contributed by atoms with Crippen molar-refractivity contribution >= 4 is 34.2 Å². The Morgan fingerprint density at radius 1 is 1.06 bits per heavy atom. The van der Waals surface area contributed by atoms with Gasteiger partial charge in [0.15, 0.2) is 0 Å². The largest absolute Gasteiger partial charge is 0.322 e. The first-order chi connectivity index (χ1) is 8.18. The fourth-order valence-corrected chi connectivity index (χ4v) is 2.07. The normalized spacial score (nSPS) is 10.0. The highest BCUT2D eigenvalue weighted by Crippen LogP contribution is 2.17. The van der Waals surface area contributed by atoms with E-state index in [1.807, 2.05) is 55.5 Å². The number of para-hydroxylation sites is 1. The highest BCUT2D eigenvalue weighted by atomic mass is 127. The highest BCUT2D eigenvalue weighted by Gasteiger charge is 2.10. The van der Waals surface area contributed by atoms with Crippen LogP contribution in [-0.2, 0) is 0 Å². The SMILES string of the molecule is Cc1c(I)cccc1C(=O)Nc1ccccc1. The zero-order valence-electron chi connectivity index (χ0n) is 9.41. The standard InChI is InChI=1S/C14H12INO/c1-10-12(8-5-9-13(10)15)14(17)16-11-6-3-2-4-7-11/h2-9H,1H3,(H,16,17). The van der Waals surface area contributed by atoms with Crippen molar-refractivity contribution in [2.75, 3.05) is 5.32 Å². The van der Waals surface area contributed by atoms with Gasteiger partial charge < -0.3 is 5.32 Å². The van der Waals surface area contributed by atoms with Crippen molar-refractivity contribution < 1.29 is 4.79 Å². The predicted octanol–water partition coefficient (Wildman–Crippen LogP) is 3.85. The monoisotopic (exact) mass is 337 g/mol. The number of nitrogens with one attached hydrogen (secondary N) is 1. The van der Waals surface area contributed by atoms with Crippen LogP contribution in [0, 0.1) is 10.5 Å². The van der Waals surface area contributed by atoms with Crippen LogP contribution in [-0.4, -0.2) is 5.91 Å². The Balaban J connectivity index is 2.24. The molecule has 0 aromatic heterocycles.